The van der Waals surface area contributed by atoms with E-state index < -0.39 is 6.10 Å². The van der Waals surface area contributed by atoms with Gasteiger partial charge in [-0.05, 0) is 35.7 Å². The van der Waals surface area contributed by atoms with Gasteiger partial charge in [-0.25, -0.2) is 0 Å². The van der Waals surface area contributed by atoms with Gasteiger partial charge in [0.05, 0.1) is 5.75 Å². The highest BCUT2D eigenvalue weighted by Gasteiger charge is 2.27. The van der Waals surface area contributed by atoms with Crippen LogP contribution in [-0.4, -0.2) is 28.5 Å². The maximum atomic E-state index is 12.6. The Morgan fingerprint density at radius 3 is 2.58 bits per heavy atom. The zero-order valence-electron chi connectivity index (χ0n) is 17.6. The average Bonchev–Trinajstić information content (AvgIpc) is 3.34. The molecule has 5 rings (SSSR count). The summed E-state index contributed by atoms with van der Waals surface area (Å²) in [5.74, 6) is 1.64. The second kappa shape index (κ2) is 9.79. The van der Waals surface area contributed by atoms with Gasteiger partial charge in [-0.3, -0.25) is 4.79 Å². The standard InChI is InChI=1S/C25H21N3O4S/c29-23(26-19-11-5-4-10-18(19)14-17-8-2-1-3-9-17)16-33-25-28-27-24(32-25)22-15-30-20-12-6-7-13-21(20)31-22/h1-13,22H,14-16H2,(H,26,29)/t22-/m1/s1. The number of amides is 1. The Hall–Kier alpha value is -3.78. The van der Waals surface area contributed by atoms with Crippen LogP contribution >= 0.6 is 11.8 Å². The molecule has 0 saturated heterocycles. The number of nitrogens with zero attached hydrogens (tertiary/aromatic N) is 2. The Kier molecular flexibility index (Phi) is 6.25. The molecule has 0 unspecified atom stereocenters. The molecule has 1 aliphatic rings. The maximum Gasteiger partial charge on any atom is 0.277 e. The number of anilines is 1. The van der Waals surface area contributed by atoms with Gasteiger partial charge in [0.2, 0.25) is 12.0 Å². The lowest BCUT2D eigenvalue weighted by atomic mass is 10.0. The maximum absolute atomic E-state index is 12.6. The van der Waals surface area contributed by atoms with Crippen molar-refractivity contribution in [2.75, 3.05) is 17.7 Å². The number of nitrogens with one attached hydrogen (secondary N) is 1. The SMILES string of the molecule is O=C(CSc1nnc([C@H]2COc3ccccc3O2)o1)Nc1ccccc1Cc1ccccc1. The van der Waals surface area contributed by atoms with Crippen molar-refractivity contribution in [3.05, 3.63) is 95.9 Å². The molecule has 1 amide bonds. The van der Waals surface area contributed by atoms with Gasteiger partial charge < -0.3 is 19.2 Å². The Labute approximate surface area is 195 Å². The largest absolute Gasteiger partial charge is 0.485 e. The van der Waals surface area contributed by atoms with Crippen LogP contribution < -0.4 is 14.8 Å². The lowest BCUT2D eigenvalue weighted by molar-refractivity contribution is -0.113. The van der Waals surface area contributed by atoms with Gasteiger partial charge in [0.1, 0.15) is 6.61 Å². The molecular weight excluding hydrogens is 438 g/mol. The van der Waals surface area contributed by atoms with E-state index in [4.69, 9.17) is 13.9 Å². The quantitative estimate of drug-likeness (QED) is 0.393. The smallest absolute Gasteiger partial charge is 0.277 e. The minimum atomic E-state index is -0.486. The van der Waals surface area contributed by atoms with E-state index in [1.165, 1.54) is 17.3 Å². The summed E-state index contributed by atoms with van der Waals surface area (Å²) in [5.41, 5.74) is 3.03. The summed E-state index contributed by atoms with van der Waals surface area (Å²) < 4.78 is 17.3. The van der Waals surface area contributed by atoms with Crippen molar-refractivity contribution < 1.29 is 18.7 Å². The molecule has 1 atom stereocenters. The predicted octanol–water partition coefficient (Wildman–Crippen LogP) is 4.90. The van der Waals surface area contributed by atoms with Crippen LogP contribution in [0.4, 0.5) is 5.69 Å². The molecule has 0 spiro atoms. The van der Waals surface area contributed by atoms with Crippen LogP contribution in [0.5, 0.6) is 11.5 Å². The number of benzene rings is 3. The third-order valence-electron chi connectivity index (χ3n) is 5.06. The van der Waals surface area contributed by atoms with Crippen molar-refractivity contribution in [2.45, 2.75) is 17.7 Å². The molecule has 0 radical (unpaired) electrons. The first-order chi connectivity index (χ1) is 16.2. The van der Waals surface area contributed by atoms with Crippen molar-refractivity contribution in [2.24, 2.45) is 0 Å². The van der Waals surface area contributed by atoms with Gasteiger partial charge in [-0.15, -0.1) is 10.2 Å². The third kappa shape index (κ3) is 5.18. The molecule has 0 saturated carbocycles. The summed E-state index contributed by atoms with van der Waals surface area (Å²) in [5, 5.41) is 11.4. The van der Waals surface area contributed by atoms with Crippen LogP contribution in [0.3, 0.4) is 0 Å². The highest BCUT2D eigenvalue weighted by atomic mass is 32.2. The first-order valence-electron chi connectivity index (χ1n) is 10.5. The van der Waals surface area contributed by atoms with Crippen LogP contribution in [0, 0.1) is 0 Å². The number of carbonyl (C=O) groups is 1. The summed E-state index contributed by atoms with van der Waals surface area (Å²) >= 11 is 1.18. The summed E-state index contributed by atoms with van der Waals surface area (Å²) in [7, 11) is 0. The van der Waals surface area contributed by atoms with E-state index in [1.807, 2.05) is 66.7 Å². The molecular formula is C25H21N3O4S. The van der Waals surface area contributed by atoms with Crippen LogP contribution in [0.1, 0.15) is 23.1 Å². The van der Waals surface area contributed by atoms with E-state index >= 15 is 0 Å². The highest BCUT2D eigenvalue weighted by molar-refractivity contribution is 7.99. The summed E-state index contributed by atoms with van der Waals surface area (Å²) in [4.78, 5) is 12.6. The van der Waals surface area contributed by atoms with Gasteiger partial charge in [-0.2, -0.15) is 0 Å². The van der Waals surface area contributed by atoms with Gasteiger partial charge >= 0.3 is 0 Å². The summed E-state index contributed by atoms with van der Waals surface area (Å²) in [6, 6.07) is 25.4. The Morgan fingerprint density at radius 2 is 1.70 bits per heavy atom. The molecule has 7 nitrogen and oxygen atoms in total. The van der Waals surface area contributed by atoms with Gasteiger partial charge in [-0.1, -0.05) is 72.4 Å². The topological polar surface area (TPSA) is 86.5 Å². The molecule has 0 aliphatic carbocycles. The van der Waals surface area contributed by atoms with Gasteiger partial charge in [0, 0.05) is 5.69 Å². The molecule has 1 aliphatic heterocycles. The third-order valence-corrected chi connectivity index (χ3v) is 5.88. The van der Waals surface area contributed by atoms with E-state index in [1.54, 1.807) is 0 Å². The van der Waals surface area contributed by atoms with Crippen molar-refractivity contribution in [3.8, 4) is 11.5 Å². The van der Waals surface area contributed by atoms with Crippen molar-refractivity contribution in [3.63, 3.8) is 0 Å². The second-order valence-corrected chi connectivity index (χ2v) is 8.35. The number of carbonyl (C=O) groups excluding carboxylic acids is 1. The zero-order chi connectivity index (χ0) is 22.5. The molecule has 1 aromatic heterocycles. The lowest BCUT2D eigenvalue weighted by Gasteiger charge is -2.23. The molecule has 2 heterocycles. The highest BCUT2D eigenvalue weighted by Crippen LogP contribution is 2.36. The Morgan fingerprint density at radius 1 is 0.939 bits per heavy atom. The predicted molar refractivity (Wildman–Crippen MR) is 125 cm³/mol. The van der Waals surface area contributed by atoms with E-state index in [0.29, 0.717) is 22.6 Å². The number of hydrogen-bond donors (Lipinski definition) is 1. The number of rotatable bonds is 7. The first-order valence-corrected chi connectivity index (χ1v) is 11.5. The fraction of sp³-hybridized carbons (Fsp3) is 0.160. The van der Waals surface area contributed by atoms with E-state index in [0.717, 1.165) is 17.7 Å². The molecule has 1 N–H and O–H groups in total. The minimum Gasteiger partial charge on any atom is -0.485 e. The van der Waals surface area contributed by atoms with Crippen molar-refractivity contribution in [1.29, 1.82) is 0 Å². The van der Waals surface area contributed by atoms with Crippen LogP contribution in [0.2, 0.25) is 0 Å². The number of fused-ring (bicyclic) bond motifs is 1. The fourth-order valence-electron chi connectivity index (χ4n) is 3.48. The molecule has 0 fully saturated rings. The number of aromatic nitrogens is 2. The molecule has 0 bridgehead atoms. The molecule has 166 valence electrons. The average molecular weight is 460 g/mol. The van der Waals surface area contributed by atoms with Crippen LogP contribution in [0.15, 0.2) is 88.5 Å². The van der Waals surface area contributed by atoms with E-state index in [2.05, 4.69) is 27.6 Å². The second-order valence-electron chi connectivity index (χ2n) is 7.43. The molecule has 3 aromatic carbocycles. The monoisotopic (exact) mass is 459 g/mol. The van der Waals surface area contributed by atoms with E-state index in [-0.39, 0.29) is 18.3 Å². The van der Waals surface area contributed by atoms with Crippen molar-refractivity contribution in [1.82, 2.24) is 10.2 Å². The Bertz CT molecular complexity index is 1250. The molecule has 4 aromatic rings. The van der Waals surface area contributed by atoms with Gasteiger partial charge in [0.25, 0.3) is 11.1 Å². The minimum absolute atomic E-state index is 0.145. The fourth-order valence-corrected chi connectivity index (χ4v) is 4.05. The molecule has 8 heteroatoms. The van der Waals surface area contributed by atoms with Crippen LogP contribution in [0.25, 0.3) is 0 Å². The van der Waals surface area contributed by atoms with E-state index in [9.17, 15) is 4.79 Å². The van der Waals surface area contributed by atoms with Gasteiger partial charge in [0.15, 0.2) is 11.5 Å². The van der Waals surface area contributed by atoms with Crippen molar-refractivity contribution >= 4 is 23.4 Å². The number of ether oxygens (including phenoxy) is 2. The summed E-state index contributed by atoms with van der Waals surface area (Å²) in [6.07, 6.45) is 0.254. The lowest BCUT2D eigenvalue weighted by Crippen LogP contribution is -2.21. The normalized spacial score (nSPS) is 14.6. The summed E-state index contributed by atoms with van der Waals surface area (Å²) in [6.45, 7) is 0.280. The number of hydrogen-bond acceptors (Lipinski definition) is 7. The Balaban J connectivity index is 1.17. The first kappa shape index (κ1) is 21.1. The zero-order valence-corrected chi connectivity index (χ0v) is 18.5. The number of para-hydroxylation sites is 3. The molecule has 33 heavy (non-hydrogen) atoms. The number of thioether (sulfide) groups is 1. The van der Waals surface area contributed by atoms with Crippen LogP contribution in [-0.2, 0) is 11.2 Å².